The Morgan fingerprint density at radius 3 is 2.50 bits per heavy atom. The summed E-state index contributed by atoms with van der Waals surface area (Å²) in [6, 6.07) is 5.97. The Bertz CT molecular complexity index is 506. The molecule has 0 heterocycles. The summed E-state index contributed by atoms with van der Waals surface area (Å²) in [6.45, 7) is 2.85. The average molecular weight is 303 g/mol. The van der Waals surface area contributed by atoms with Crippen LogP contribution in [0.3, 0.4) is 0 Å². The van der Waals surface area contributed by atoms with Crippen molar-refractivity contribution in [2.24, 2.45) is 5.41 Å². The summed E-state index contributed by atoms with van der Waals surface area (Å²) in [5.74, 6) is -4.24. The molecule has 0 radical (unpaired) electrons. The van der Waals surface area contributed by atoms with Gasteiger partial charge >= 0.3 is 5.97 Å². The van der Waals surface area contributed by atoms with E-state index in [1.54, 1.807) is 12.1 Å². The molecule has 0 aliphatic rings. The molecule has 0 aliphatic heterocycles. The van der Waals surface area contributed by atoms with Crippen LogP contribution in [-0.2, 0) is 4.79 Å². The van der Waals surface area contributed by atoms with E-state index in [0.717, 1.165) is 0 Å². The quantitative estimate of drug-likeness (QED) is 0.793. The predicted octanol–water partition coefficient (Wildman–Crippen LogP) is 2.84. The molecular formula is C13H15F2NO3S. The molecule has 4 nitrogen and oxygen atoms in total. The lowest BCUT2D eigenvalue weighted by atomic mass is 9.94. The maximum atomic E-state index is 12.4. The summed E-state index contributed by atoms with van der Waals surface area (Å²) in [6.07, 6.45) is 0. The molecule has 0 aromatic heterocycles. The van der Waals surface area contributed by atoms with Crippen molar-refractivity contribution in [3.05, 3.63) is 29.8 Å². The summed E-state index contributed by atoms with van der Waals surface area (Å²) in [4.78, 5) is 23.0. The number of aliphatic carboxylic acids is 1. The van der Waals surface area contributed by atoms with Crippen molar-refractivity contribution in [1.29, 1.82) is 0 Å². The van der Waals surface area contributed by atoms with Gasteiger partial charge in [0.25, 0.3) is 11.7 Å². The number of rotatable bonds is 6. The zero-order valence-electron chi connectivity index (χ0n) is 11.0. The molecule has 7 heteroatoms. The van der Waals surface area contributed by atoms with Gasteiger partial charge in [0.1, 0.15) is 0 Å². The first kappa shape index (κ1) is 16.4. The van der Waals surface area contributed by atoms with E-state index in [-0.39, 0.29) is 28.8 Å². The third kappa shape index (κ3) is 4.48. The van der Waals surface area contributed by atoms with Gasteiger partial charge in [-0.15, -0.1) is 0 Å². The maximum Gasteiger partial charge on any atom is 0.310 e. The SMILES string of the molecule is CC(C)(CNC(=O)c1ccccc1SC(F)F)C(=O)O. The van der Waals surface area contributed by atoms with E-state index in [2.05, 4.69) is 5.32 Å². The van der Waals surface area contributed by atoms with Crippen LogP contribution in [0, 0.1) is 5.41 Å². The number of halogens is 2. The van der Waals surface area contributed by atoms with Crippen LogP contribution >= 0.6 is 11.8 Å². The fraction of sp³-hybridized carbons (Fsp3) is 0.385. The average Bonchev–Trinajstić information content (AvgIpc) is 2.36. The molecule has 0 aliphatic carbocycles. The van der Waals surface area contributed by atoms with Crippen LogP contribution < -0.4 is 5.32 Å². The van der Waals surface area contributed by atoms with Crippen LogP contribution in [-0.4, -0.2) is 29.3 Å². The molecule has 1 aromatic rings. The number of carbonyl (C=O) groups excluding carboxylic acids is 1. The molecule has 110 valence electrons. The fourth-order valence-corrected chi connectivity index (χ4v) is 1.96. The Kier molecular flexibility index (Phi) is 5.50. The van der Waals surface area contributed by atoms with Gasteiger partial charge < -0.3 is 10.4 Å². The highest BCUT2D eigenvalue weighted by molar-refractivity contribution is 7.99. The third-order valence-corrected chi connectivity index (χ3v) is 3.41. The second-order valence-corrected chi connectivity index (χ2v) is 5.78. The molecule has 0 spiro atoms. The molecular weight excluding hydrogens is 288 g/mol. The Labute approximate surface area is 119 Å². The standard InChI is InChI=1S/C13H15F2NO3S/c1-13(2,11(18)19)7-16-10(17)8-5-3-4-6-9(8)20-12(14)15/h3-6,12H,7H2,1-2H3,(H,16,17)(H,18,19). The van der Waals surface area contributed by atoms with E-state index in [0.29, 0.717) is 0 Å². The van der Waals surface area contributed by atoms with E-state index in [9.17, 15) is 18.4 Å². The second-order valence-electron chi connectivity index (χ2n) is 4.75. The summed E-state index contributed by atoms with van der Waals surface area (Å²) < 4.78 is 24.8. The lowest BCUT2D eigenvalue weighted by Crippen LogP contribution is -2.39. The first-order chi connectivity index (χ1) is 9.24. The first-order valence-corrected chi connectivity index (χ1v) is 6.67. The van der Waals surface area contributed by atoms with E-state index in [4.69, 9.17) is 5.11 Å². The van der Waals surface area contributed by atoms with Gasteiger partial charge in [-0.2, -0.15) is 8.78 Å². The van der Waals surface area contributed by atoms with Crippen LogP contribution in [0.25, 0.3) is 0 Å². The summed E-state index contributed by atoms with van der Waals surface area (Å²) in [7, 11) is 0. The number of hydrogen-bond donors (Lipinski definition) is 2. The number of carboxylic acids is 1. The van der Waals surface area contributed by atoms with Gasteiger partial charge in [0.05, 0.1) is 11.0 Å². The number of benzene rings is 1. The van der Waals surface area contributed by atoms with Crippen molar-refractivity contribution >= 4 is 23.6 Å². The number of nitrogens with one attached hydrogen (secondary N) is 1. The highest BCUT2D eigenvalue weighted by Crippen LogP contribution is 2.28. The van der Waals surface area contributed by atoms with Crippen molar-refractivity contribution in [2.75, 3.05) is 6.54 Å². The van der Waals surface area contributed by atoms with Gasteiger partial charge in [-0.3, -0.25) is 9.59 Å². The van der Waals surface area contributed by atoms with Crippen LogP contribution in [0.1, 0.15) is 24.2 Å². The van der Waals surface area contributed by atoms with Crippen LogP contribution in [0.2, 0.25) is 0 Å². The fourth-order valence-electron chi connectivity index (χ4n) is 1.33. The zero-order chi connectivity index (χ0) is 15.3. The second kappa shape index (κ2) is 6.69. The summed E-state index contributed by atoms with van der Waals surface area (Å²) in [5, 5.41) is 11.4. The summed E-state index contributed by atoms with van der Waals surface area (Å²) in [5.41, 5.74) is -1.01. The number of alkyl halides is 2. The minimum Gasteiger partial charge on any atom is -0.481 e. The van der Waals surface area contributed by atoms with E-state index >= 15 is 0 Å². The number of thioether (sulfide) groups is 1. The van der Waals surface area contributed by atoms with E-state index < -0.39 is 23.0 Å². The minimum atomic E-state index is -2.63. The molecule has 0 bridgehead atoms. The molecule has 0 saturated heterocycles. The Balaban J connectivity index is 2.80. The van der Waals surface area contributed by atoms with Crippen molar-refractivity contribution in [3.63, 3.8) is 0 Å². The van der Waals surface area contributed by atoms with Crippen molar-refractivity contribution < 1.29 is 23.5 Å². The van der Waals surface area contributed by atoms with Gasteiger partial charge in [0.15, 0.2) is 0 Å². The highest BCUT2D eigenvalue weighted by atomic mass is 32.2. The van der Waals surface area contributed by atoms with Crippen LogP contribution in [0.15, 0.2) is 29.2 Å². The van der Waals surface area contributed by atoms with Gasteiger partial charge in [0.2, 0.25) is 0 Å². The largest absolute Gasteiger partial charge is 0.481 e. The molecule has 1 amide bonds. The Morgan fingerprint density at radius 1 is 1.35 bits per heavy atom. The summed E-state index contributed by atoms with van der Waals surface area (Å²) >= 11 is 0.283. The molecule has 2 N–H and O–H groups in total. The zero-order valence-corrected chi connectivity index (χ0v) is 11.8. The lowest BCUT2D eigenvalue weighted by Gasteiger charge is -2.19. The lowest BCUT2D eigenvalue weighted by molar-refractivity contribution is -0.146. The van der Waals surface area contributed by atoms with Crippen LogP contribution in [0.4, 0.5) is 8.78 Å². The Hall–Kier alpha value is -1.63. The monoisotopic (exact) mass is 303 g/mol. The molecule has 0 fully saturated rings. The van der Waals surface area contributed by atoms with Crippen molar-refractivity contribution in [1.82, 2.24) is 5.32 Å². The van der Waals surface area contributed by atoms with Gasteiger partial charge in [-0.25, -0.2) is 0 Å². The van der Waals surface area contributed by atoms with Gasteiger partial charge in [-0.1, -0.05) is 23.9 Å². The smallest absolute Gasteiger partial charge is 0.310 e. The molecule has 0 atom stereocenters. The maximum absolute atomic E-state index is 12.4. The normalized spacial score (nSPS) is 11.4. The topological polar surface area (TPSA) is 66.4 Å². The molecule has 1 aromatic carbocycles. The first-order valence-electron chi connectivity index (χ1n) is 5.79. The van der Waals surface area contributed by atoms with Gasteiger partial charge in [0, 0.05) is 11.4 Å². The molecule has 0 saturated carbocycles. The van der Waals surface area contributed by atoms with Gasteiger partial charge in [-0.05, 0) is 26.0 Å². The van der Waals surface area contributed by atoms with Crippen molar-refractivity contribution in [2.45, 2.75) is 24.5 Å². The Morgan fingerprint density at radius 2 is 1.95 bits per heavy atom. The minimum absolute atomic E-state index is 0.0884. The molecule has 20 heavy (non-hydrogen) atoms. The number of hydrogen-bond acceptors (Lipinski definition) is 3. The number of carbonyl (C=O) groups is 2. The van der Waals surface area contributed by atoms with E-state index in [1.807, 2.05) is 0 Å². The highest BCUT2D eigenvalue weighted by Gasteiger charge is 2.28. The molecule has 1 rings (SSSR count). The number of amides is 1. The van der Waals surface area contributed by atoms with E-state index in [1.165, 1.54) is 26.0 Å². The van der Waals surface area contributed by atoms with Crippen LogP contribution in [0.5, 0.6) is 0 Å². The predicted molar refractivity (Wildman–Crippen MR) is 72.1 cm³/mol. The number of carboxylic acid groups (broad SMARTS) is 1. The van der Waals surface area contributed by atoms with Crippen molar-refractivity contribution in [3.8, 4) is 0 Å². The molecule has 0 unspecified atom stereocenters. The third-order valence-electron chi connectivity index (χ3n) is 2.62.